The number of hydrogen-bond acceptors (Lipinski definition) is 5. The molecule has 1 aliphatic rings. The van der Waals surface area contributed by atoms with E-state index < -0.39 is 5.97 Å². The van der Waals surface area contributed by atoms with E-state index in [1.54, 1.807) is 30.3 Å². The molecule has 2 heterocycles. The van der Waals surface area contributed by atoms with Crippen molar-refractivity contribution in [1.29, 1.82) is 0 Å². The van der Waals surface area contributed by atoms with E-state index in [1.807, 2.05) is 6.92 Å². The van der Waals surface area contributed by atoms with E-state index in [2.05, 4.69) is 42.2 Å². The number of pyridine rings is 1. The molecule has 2 aromatic rings. The van der Waals surface area contributed by atoms with Gasteiger partial charge in [-0.3, -0.25) is 9.59 Å². The van der Waals surface area contributed by atoms with Gasteiger partial charge < -0.3 is 14.8 Å². The second-order valence-corrected chi connectivity index (χ2v) is 6.98. The molecule has 0 saturated carbocycles. The summed E-state index contributed by atoms with van der Waals surface area (Å²) in [5, 5.41) is 2.70. The van der Waals surface area contributed by atoms with Gasteiger partial charge in [0, 0.05) is 12.6 Å². The van der Waals surface area contributed by atoms with Crippen LogP contribution in [0.5, 0.6) is 11.5 Å². The lowest BCUT2D eigenvalue weighted by atomic mass is 10.2. The first kappa shape index (κ1) is 17.6. The maximum Gasteiger partial charge on any atom is 0.308 e. The number of esters is 1. The summed E-state index contributed by atoms with van der Waals surface area (Å²) in [4.78, 5) is 27.6. The van der Waals surface area contributed by atoms with Gasteiger partial charge in [0.05, 0.1) is 8.95 Å². The Balaban J connectivity index is 1.94. The minimum Gasteiger partial charge on any atom is -0.448 e. The average Bonchev–Trinajstić information content (AvgIpc) is 2.52. The number of ether oxygens (including phenoxy) is 2. The summed E-state index contributed by atoms with van der Waals surface area (Å²) >= 11 is 6.70. The summed E-state index contributed by atoms with van der Waals surface area (Å²) in [5.74, 6) is 0.565. The Bertz CT molecular complexity index is 902. The fourth-order valence-electron chi connectivity index (χ4n) is 2.20. The van der Waals surface area contributed by atoms with Crippen molar-refractivity contribution in [2.45, 2.75) is 13.8 Å². The summed E-state index contributed by atoms with van der Waals surface area (Å²) in [5.41, 5.74) is 1.47. The molecule has 0 aliphatic carbocycles. The predicted octanol–water partition coefficient (Wildman–Crippen LogP) is 4.21. The number of aryl methyl sites for hydroxylation is 1. The van der Waals surface area contributed by atoms with Gasteiger partial charge in [-0.1, -0.05) is 0 Å². The van der Waals surface area contributed by atoms with Gasteiger partial charge in [0.15, 0.2) is 23.1 Å². The molecule has 0 atom stereocenters. The van der Waals surface area contributed by atoms with Crippen LogP contribution in [-0.2, 0) is 9.59 Å². The van der Waals surface area contributed by atoms with Crippen molar-refractivity contribution in [3.05, 3.63) is 50.2 Å². The molecule has 1 aromatic heterocycles. The Hall–Kier alpha value is -2.19. The fraction of sp³-hybridized carbons (Fsp3) is 0.118. The van der Waals surface area contributed by atoms with Crippen LogP contribution in [0.25, 0.3) is 6.08 Å². The molecular formula is C17H12Br2N2O4. The number of carbonyl (C=O) groups is 2. The first-order valence-electron chi connectivity index (χ1n) is 7.19. The topological polar surface area (TPSA) is 77.5 Å². The number of amides is 1. The maximum atomic E-state index is 12.2. The number of rotatable bonds is 2. The summed E-state index contributed by atoms with van der Waals surface area (Å²) in [7, 11) is 0. The molecule has 0 unspecified atom stereocenters. The standard InChI is InChI=1S/C17H12Br2N2O4/c1-8-3-4-13-16(20-8)21-17(23)14(25-13)7-10-5-11(18)15(12(19)6-10)24-9(2)22/h3-7H,1-2H3,(H,20,21,23)/b14-7-. The largest absolute Gasteiger partial charge is 0.448 e. The van der Waals surface area contributed by atoms with Crippen LogP contribution in [0.1, 0.15) is 18.2 Å². The number of aromatic nitrogens is 1. The number of halogens is 2. The molecule has 1 aromatic carbocycles. The molecule has 1 N–H and O–H groups in total. The zero-order valence-electron chi connectivity index (χ0n) is 13.2. The molecule has 0 saturated heterocycles. The molecule has 128 valence electrons. The van der Waals surface area contributed by atoms with E-state index >= 15 is 0 Å². The van der Waals surface area contributed by atoms with Crippen LogP contribution in [0.3, 0.4) is 0 Å². The summed E-state index contributed by atoms with van der Waals surface area (Å²) in [6, 6.07) is 6.99. The SMILES string of the molecule is CC(=O)Oc1c(Br)cc(/C=C2\Oc3ccc(C)nc3NC2=O)cc1Br. The number of fused-ring (bicyclic) bond motifs is 1. The normalized spacial score (nSPS) is 14.6. The van der Waals surface area contributed by atoms with E-state index in [0.717, 1.165) is 5.69 Å². The Morgan fingerprint density at radius 1 is 1.28 bits per heavy atom. The third-order valence-corrected chi connectivity index (χ3v) is 4.42. The lowest BCUT2D eigenvalue weighted by Gasteiger charge is -2.19. The Morgan fingerprint density at radius 2 is 1.96 bits per heavy atom. The van der Waals surface area contributed by atoms with Gasteiger partial charge in [0.25, 0.3) is 5.91 Å². The highest BCUT2D eigenvalue weighted by atomic mass is 79.9. The summed E-state index contributed by atoms with van der Waals surface area (Å²) < 4.78 is 11.9. The van der Waals surface area contributed by atoms with Crippen molar-refractivity contribution in [2.24, 2.45) is 0 Å². The van der Waals surface area contributed by atoms with Gasteiger partial charge in [0.2, 0.25) is 0 Å². The lowest BCUT2D eigenvalue weighted by Crippen LogP contribution is -2.24. The highest BCUT2D eigenvalue weighted by Gasteiger charge is 2.23. The first-order chi connectivity index (χ1) is 11.8. The highest BCUT2D eigenvalue weighted by molar-refractivity contribution is 9.11. The van der Waals surface area contributed by atoms with Crippen molar-refractivity contribution in [2.75, 3.05) is 5.32 Å². The molecule has 1 aliphatic heterocycles. The number of nitrogens with one attached hydrogen (secondary N) is 1. The molecular weight excluding hydrogens is 456 g/mol. The van der Waals surface area contributed by atoms with Gasteiger partial charge in [-0.2, -0.15) is 0 Å². The van der Waals surface area contributed by atoms with E-state index in [0.29, 0.717) is 31.8 Å². The van der Waals surface area contributed by atoms with Gasteiger partial charge in [0.1, 0.15) is 0 Å². The fourth-order valence-corrected chi connectivity index (χ4v) is 3.58. The molecule has 0 fully saturated rings. The zero-order chi connectivity index (χ0) is 18.1. The maximum absolute atomic E-state index is 12.2. The zero-order valence-corrected chi connectivity index (χ0v) is 16.4. The Morgan fingerprint density at radius 3 is 2.60 bits per heavy atom. The van der Waals surface area contributed by atoms with Gasteiger partial charge >= 0.3 is 5.97 Å². The first-order valence-corrected chi connectivity index (χ1v) is 8.78. The minimum absolute atomic E-state index is 0.136. The molecule has 0 spiro atoms. The van der Waals surface area contributed by atoms with E-state index in [4.69, 9.17) is 9.47 Å². The molecule has 8 heteroatoms. The number of benzene rings is 1. The molecule has 0 bridgehead atoms. The van der Waals surface area contributed by atoms with Crippen molar-refractivity contribution in [3.8, 4) is 11.5 Å². The molecule has 3 rings (SSSR count). The van der Waals surface area contributed by atoms with Gasteiger partial charge in [-0.05, 0) is 74.7 Å². The van der Waals surface area contributed by atoms with Crippen LogP contribution in [-0.4, -0.2) is 16.9 Å². The van der Waals surface area contributed by atoms with Crippen LogP contribution in [0.15, 0.2) is 39.0 Å². The van der Waals surface area contributed by atoms with Crippen molar-refractivity contribution < 1.29 is 19.1 Å². The van der Waals surface area contributed by atoms with Gasteiger partial charge in [-0.15, -0.1) is 0 Å². The third-order valence-electron chi connectivity index (χ3n) is 3.24. The van der Waals surface area contributed by atoms with E-state index in [9.17, 15) is 9.59 Å². The highest BCUT2D eigenvalue weighted by Crippen LogP contribution is 2.36. The average molecular weight is 468 g/mol. The number of nitrogens with zero attached hydrogens (tertiary/aromatic N) is 1. The number of hydrogen-bond donors (Lipinski definition) is 1. The van der Waals surface area contributed by atoms with Crippen LogP contribution >= 0.6 is 31.9 Å². The smallest absolute Gasteiger partial charge is 0.308 e. The van der Waals surface area contributed by atoms with Crippen LogP contribution in [0, 0.1) is 6.92 Å². The summed E-state index contributed by atoms with van der Waals surface area (Å²) in [6.07, 6.45) is 1.59. The van der Waals surface area contributed by atoms with Gasteiger partial charge in [-0.25, -0.2) is 4.98 Å². The second kappa shape index (κ2) is 6.97. The van der Waals surface area contributed by atoms with Crippen molar-refractivity contribution >= 4 is 55.6 Å². The molecule has 6 nitrogen and oxygen atoms in total. The minimum atomic E-state index is -0.429. The monoisotopic (exact) mass is 466 g/mol. The Kier molecular flexibility index (Phi) is 4.91. The number of carbonyl (C=O) groups excluding carboxylic acids is 2. The van der Waals surface area contributed by atoms with E-state index in [1.165, 1.54) is 6.92 Å². The van der Waals surface area contributed by atoms with Crippen LogP contribution in [0.4, 0.5) is 5.82 Å². The quantitative estimate of drug-likeness (QED) is 0.406. The molecule has 0 radical (unpaired) electrons. The third kappa shape index (κ3) is 3.91. The molecule has 25 heavy (non-hydrogen) atoms. The van der Waals surface area contributed by atoms with Crippen LogP contribution < -0.4 is 14.8 Å². The molecule has 1 amide bonds. The van der Waals surface area contributed by atoms with E-state index in [-0.39, 0.29) is 11.7 Å². The summed E-state index contributed by atoms with van der Waals surface area (Å²) in [6.45, 7) is 3.15. The predicted molar refractivity (Wildman–Crippen MR) is 99.4 cm³/mol. The lowest BCUT2D eigenvalue weighted by molar-refractivity contribution is -0.132. The Labute approximate surface area is 160 Å². The number of anilines is 1. The van der Waals surface area contributed by atoms with Crippen molar-refractivity contribution in [3.63, 3.8) is 0 Å². The van der Waals surface area contributed by atoms with Crippen LogP contribution in [0.2, 0.25) is 0 Å². The second-order valence-electron chi connectivity index (χ2n) is 5.27. The van der Waals surface area contributed by atoms with Crippen molar-refractivity contribution in [1.82, 2.24) is 4.98 Å².